The third-order valence-electron chi connectivity index (χ3n) is 23.7. The molecule has 18 aromatic rings. The maximum absolute atomic E-state index is 6.56. The molecule has 0 saturated carbocycles. The topological polar surface area (TPSA) is 86.6 Å². The van der Waals surface area contributed by atoms with Crippen LogP contribution >= 0.6 is 7.92 Å². The van der Waals surface area contributed by atoms with Gasteiger partial charge in [0.05, 0.1) is 78.2 Å². The van der Waals surface area contributed by atoms with Crippen LogP contribution in [0.1, 0.15) is 11.1 Å². The smallest absolute Gasteiger partial charge is 0.120 e. The van der Waals surface area contributed by atoms with E-state index in [1.807, 2.05) is 0 Å². The van der Waals surface area contributed by atoms with Crippen molar-refractivity contribution in [2.24, 2.45) is 0 Å². The summed E-state index contributed by atoms with van der Waals surface area (Å²) in [4.78, 5) is 39.0. The predicted molar refractivity (Wildman–Crippen MR) is 522 cm³/mol. The number of nitrogens with zero attached hydrogens (tertiary/aromatic N) is 6. The van der Waals surface area contributed by atoms with E-state index in [-0.39, 0.29) is 0 Å². The van der Waals surface area contributed by atoms with E-state index in [1.165, 1.54) is 20.7 Å². The van der Waals surface area contributed by atoms with Crippen LogP contribution < -0.4 is 41.5 Å². The Bertz CT molecular complexity index is 6920. The molecular formula is C107H97N6OPSi4. The van der Waals surface area contributed by atoms with Gasteiger partial charge in [0.25, 0.3) is 0 Å². The summed E-state index contributed by atoms with van der Waals surface area (Å²) in [7, 11) is -6.88. The Morgan fingerprint density at radius 2 is 0.546 bits per heavy atom. The van der Waals surface area contributed by atoms with Crippen LogP contribution in [0.4, 0.5) is 0 Å². The van der Waals surface area contributed by atoms with E-state index in [0.29, 0.717) is 39.5 Å². The Balaban J connectivity index is 1.09. The van der Waals surface area contributed by atoms with Crippen molar-refractivity contribution < 1.29 is 4.74 Å². The molecule has 0 aliphatic carbocycles. The van der Waals surface area contributed by atoms with E-state index in [0.717, 1.165) is 160 Å². The second-order valence-electron chi connectivity index (χ2n) is 36.0. The number of methoxy groups -OCH3 is 1. The molecule has 18 rings (SSSR count). The van der Waals surface area contributed by atoms with Gasteiger partial charge in [0, 0.05) is 46.9 Å². The molecule has 0 atom stereocenters. The fraction of sp³-hybridized carbons (Fsp3) is 0.140. The first kappa shape index (κ1) is 78.1. The van der Waals surface area contributed by atoms with E-state index in [2.05, 4.69) is 408 Å². The molecule has 0 radical (unpaired) electrons. The third-order valence-corrected chi connectivity index (χ3v) is 34.3. The van der Waals surface area contributed by atoms with E-state index < -0.39 is 40.2 Å². The summed E-state index contributed by atoms with van der Waals surface area (Å²) < 4.78 is 6.13. The standard InChI is InChI=1S/C107H97N6OPSi4/c1-68-33-37-72(38-34-68)86-61-62-87(73-39-35-69(2)36-40-73)97-96(86)108-102(93-60-50-70-25-22-23-31-85(70)95(93)92-32-24-26-71-41-51-78(114-3)67-94(71)92)103(109-97)104-105(111-99-89(75-44-54-82(55-45-75)117(7,8)9)64-63-88(98(99)110-104)74-42-52-81(53-43-74)116(4,5)6)106-107(115(79-27-18-16-19-28-79)80-29-20-17-21-30-80)113-101-91(77-48-58-84(59-49-77)119(13,14)15)66-65-90(100(101)112-106)76-46-56-83(57-47-76)118(10,11)12/h16-67H,1-15H3. The highest BCUT2D eigenvalue weighted by Crippen LogP contribution is 2.50. The molecule has 0 saturated heterocycles. The number of rotatable bonds is 18. The molecule has 3 aromatic heterocycles. The minimum absolute atomic E-state index is 0.507. The van der Waals surface area contributed by atoms with Gasteiger partial charge in [0.1, 0.15) is 34.0 Å². The van der Waals surface area contributed by atoms with Gasteiger partial charge in [-0.15, -0.1) is 0 Å². The monoisotopic (exact) mass is 1620 g/mol. The molecule has 0 spiro atoms. The molecule has 0 unspecified atom stereocenters. The zero-order valence-corrected chi connectivity index (χ0v) is 75.5. The largest absolute Gasteiger partial charge is 0.497 e. The van der Waals surface area contributed by atoms with Gasteiger partial charge in [-0.3, -0.25) is 0 Å². The normalized spacial score (nSPS) is 12.2. The second-order valence-corrected chi connectivity index (χ2v) is 58.4. The van der Waals surface area contributed by atoms with Crippen molar-refractivity contribution in [3.8, 4) is 118 Å². The van der Waals surface area contributed by atoms with Crippen LogP contribution in [0.3, 0.4) is 0 Å². The highest BCUT2D eigenvalue weighted by atomic mass is 31.1. The van der Waals surface area contributed by atoms with E-state index >= 15 is 0 Å². The quantitative estimate of drug-likeness (QED) is 0.0625. The molecule has 0 amide bonds. The zero-order chi connectivity index (χ0) is 82.4. The summed E-state index contributed by atoms with van der Waals surface area (Å²) in [6, 6.07) is 117. The molecule has 0 aliphatic heterocycles. The molecule has 7 nitrogen and oxygen atoms in total. The van der Waals surface area contributed by atoms with E-state index in [9.17, 15) is 0 Å². The lowest BCUT2D eigenvalue weighted by molar-refractivity contribution is 0.415. The molecule has 0 fully saturated rings. The molecule has 0 bridgehead atoms. The Kier molecular flexibility index (Phi) is 20.4. The van der Waals surface area contributed by atoms with Crippen molar-refractivity contribution in [1.29, 1.82) is 0 Å². The number of fused-ring (bicyclic) bond motifs is 5. The van der Waals surface area contributed by atoms with Crippen molar-refractivity contribution >= 4 is 132 Å². The number of hydrogen-bond acceptors (Lipinski definition) is 7. The van der Waals surface area contributed by atoms with Gasteiger partial charge in [-0.25, -0.2) is 29.9 Å². The second kappa shape index (κ2) is 31.0. The number of aromatic nitrogens is 6. The van der Waals surface area contributed by atoms with E-state index in [4.69, 9.17) is 34.6 Å². The number of benzene rings is 15. The Hall–Kier alpha value is -12.1. The summed E-state index contributed by atoms with van der Waals surface area (Å²) in [6.07, 6.45) is 0. The van der Waals surface area contributed by atoms with Crippen molar-refractivity contribution in [2.75, 3.05) is 7.11 Å². The Morgan fingerprint density at radius 1 is 0.244 bits per heavy atom. The van der Waals surface area contributed by atoms with Gasteiger partial charge < -0.3 is 4.74 Å². The molecule has 0 aliphatic rings. The van der Waals surface area contributed by atoms with Crippen LogP contribution in [-0.2, 0) is 0 Å². The van der Waals surface area contributed by atoms with Gasteiger partial charge in [0.15, 0.2) is 0 Å². The molecule has 0 N–H and O–H groups in total. The minimum Gasteiger partial charge on any atom is -0.497 e. The van der Waals surface area contributed by atoms with Gasteiger partial charge in [0.2, 0.25) is 0 Å². The molecule has 3 heterocycles. The van der Waals surface area contributed by atoms with Crippen LogP contribution in [0.5, 0.6) is 5.75 Å². The Morgan fingerprint density at radius 3 is 0.933 bits per heavy atom. The maximum atomic E-state index is 6.56. The average molecular weight is 1630 g/mol. The molecule has 12 heteroatoms. The first-order valence-corrected chi connectivity index (χ1v) is 56.8. The summed E-state index contributed by atoms with van der Waals surface area (Å²) in [6.45, 7) is 33.3. The van der Waals surface area contributed by atoms with Crippen LogP contribution in [0.15, 0.2) is 315 Å². The number of aryl methyl sites for hydroxylation is 2. The first-order valence-electron chi connectivity index (χ1n) is 41.4. The third kappa shape index (κ3) is 15.0. The van der Waals surface area contributed by atoms with Gasteiger partial charge in [-0.1, -0.05) is 414 Å². The SMILES string of the molecule is COc1ccc2cccc(-c3c(-c4nc5c(-c6ccc(C)cc6)ccc(-c6ccc(C)cc6)c5nc4-c4nc5c(-c6ccc([Si](C)(C)C)cc6)ccc(-c6ccc([Si](C)(C)C)cc6)c5nc4-c4nc5c(-c6ccc([Si](C)(C)C)cc6)ccc(-c6ccc([Si](C)(C)C)cc6)c5nc4P(c4ccccc4)c4ccccc4)ccc4ccccc34)c2c1. The lowest BCUT2D eigenvalue weighted by atomic mass is 9.87. The van der Waals surface area contributed by atoms with Crippen LogP contribution in [0.2, 0.25) is 78.6 Å². The summed E-state index contributed by atoms with van der Waals surface area (Å²) >= 11 is 0. The summed E-state index contributed by atoms with van der Waals surface area (Å²) in [5.41, 5.74) is 25.1. The van der Waals surface area contributed by atoms with Crippen molar-refractivity contribution in [2.45, 2.75) is 92.4 Å². The molecule has 119 heavy (non-hydrogen) atoms. The van der Waals surface area contributed by atoms with Gasteiger partial charge in [-0.05, 0) is 103 Å². The fourth-order valence-corrected chi connectivity index (χ4v) is 23.7. The number of ether oxygens (including phenoxy) is 1. The first-order chi connectivity index (χ1) is 57.3. The minimum atomic E-state index is -1.78. The highest BCUT2D eigenvalue weighted by Gasteiger charge is 2.34. The predicted octanol–water partition coefficient (Wildman–Crippen LogP) is 25.1. The van der Waals surface area contributed by atoms with Crippen LogP contribution in [0, 0.1) is 13.8 Å². The van der Waals surface area contributed by atoms with Crippen LogP contribution in [-0.4, -0.2) is 69.3 Å². The maximum Gasteiger partial charge on any atom is 0.120 e. The molecule has 582 valence electrons. The lowest BCUT2D eigenvalue weighted by Gasteiger charge is -2.24. The van der Waals surface area contributed by atoms with Crippen molar-refractivity contribution in [1.82, 2.24) is 29.9 Å². The molecular weight excluding hydrogens is 1530 g/mol. The van der Waals surface area contributed by atoms with Crippen molar-refractivity contribution in [3.05, 3.63) is 327 Å². The van der Waals surface area contributed by atoms with E-state index in [1.54, 1.807) is 7.11 Å². The van der Waals surface area contributed by atoms with Gasteiger partial charge in [-0.2, -0.15) is 0 Å². The lowest BCUT2D eigenvalue weighted by Crippen LogP contribution is -2.37. The summed E-state index contributed by atoms with van der Waals surface area (Å²) in [5, 5.41) is 12.0. The summed E-state index contributed by atoms with van der Waals surface area (Å²) in [5.74, 6) is 0.759. The van der Waals surface area contributed by atoms with Crippen molar-refractivity contribution in [3.63, 3.8) is 0 Å². The molecule has 15 aromatic carbocycles. The average Bonchev–Trinajstić information content (AvgIpc) is 0.716. The van der Waals surface area contributed by atoms with Crippen LogP contribution in [0.25, 0.3) is 167 Å². The highest BCUT2D eigenvalue weighted by molar-refractivity contribution is 7.79. The Labute approximate surface area is 704 Å². The number of hydrogen-bond donors (Lipinski definition) is 0. The fourth-order valence-electron chi connectivity index (χ4n) is 16.8. The zero-order valence-electron chi connectivity index (χ0n) is 70.6. The van der Waals surface area contributed by atoms with Gasteiger partial charge >= 0.3 is 0 Å².